The molecule has 16 heavy (non-hydrogen) atoms. The molecule has 0 radical (unpaired) electrons. The SMILES string of the molecule is CCC(C)CN.CCC(C)CNC(=O)OC. The Morgan fingerprint density at radius 1 is 1.25 bits per heavy atom. The molecule has 98 valence electrons. The summed E-state index contributed by atoms with van der Waals surface area (Å²) in [5.41, 5.74) is 5.28. The molecule has 0 aliphatic carbocycles. The lowest BCUT2D eigenvalue weighted by atomic mass is 10.1. The minimum Gasteiger partial charge on any atom is -0.453 e. The molecule has 0 aromatic carbocycles. The number of amides is 1. The third-order valence-electron chi connectivity index (χ3n) is 2.58. The molecule has 0 fully saturated rings. The lowest BCUT2D eigenvalue weighted by molar-refractivity contribution is 0.169. The molecule has 0 saturated carbocycles. The Hall–Kier alpha value is -0.770. The van der Waals surface area contributed by atoms with Crippen LogP contribution in [0.5, 0.6) is 0 Å². The summed E-state index contributed by atoms with van der Waals surface area (Å²) >= 11 is 0. The molecule has 0 aliphatic rings. The van der Waals surface area contributed by atoms with E-state index in [0.29, 0.717) is 18.4 Å². The first-order valence-corrected chi connectivity index (χ1v) is 6.03. The van der Waals surface area contributed by atoms with Gasteiger partial charge in [0.2, 0.25) is 0 Å². The Labute approximate surface area is 99.9 Å². The first kappa shape index (κ1) is 17.6. The lowest BCUT2D eigenvalue weighted by Gasteiger charge is -2.08. The molecule has 0 aliphatic heterocycles. The van der Waals surface area contributed by atoms with Crippen LogP contribution in [0.4, 0.5) is 4.79 Å². The molecular weight excluding hydrogens is 204 g/mol. The van der Waals surface area contributed by atoms with Crippen molar-refractivity contribution >= 4 is 6.09 Å². The highest BCUT2D eigenvalue weighted by molar-refractivity contribution is 5.66. The summed E-state index contributed by atoms with van der Waals surface area (Å²) in [4.78, 5) is 10.5. The van der Waals surface area contributed by atoms with E-state index in [4.69, 9.17) is 5.73 Å². The molecule has 4 heteroatoms. The summed E-state index contributed by atoms with van der Waals surface area (Å²) in [5.74, 6) is 1.24. The van der Waals surface area contributed by atoms with E-state index in [1.165, 1.54) is 13.5 Å². The van der Waals surface area contributed by atoms with Crippen molar-refractivity contribution in [1.29, 1.82) is 0 Å². The summed E-state index contributed by atoms with van der Waals surface area (Å²) in [5, 5.41) is 2.62. The number of carbonyl (C=O) groups is 1. The van der Waals surface area contributed by atoms with Crippen molar-refractivity contribution in [2.75, 3.05) is 20.2 Å². The van der Waals surface area contributed by atoms with E-state index in [1.54, 1.807) is 0 Å². The maximum Gasteiger partial charge on any atom is 0.406 e. The topological polar surface area (TPSA) is 64.3 Å². The predicted molar refractivity (Wildman–Crippen MR) is 68.4 cm³/mol. The van der Waals surface area contributed by atoms with Crippen molar-refractivity contribution in [2.24, 2.45) is 17.6 Å². The van der Waals surface area contributed by atoms with Crippen LogP contribution in [-0.2, 0) is 4.74 Å². The second-order valence-electron chi connectivity index (χ2n) is 4.14. The Morgan fingerprint density at radius 2 is 1.75 bits per heavy atom. The molecule has 2 unspecified atom stereocenters. The predicted octanol–water partition coefficient (Wildman–Crippen LogP) is 2.38. The van der Waals surface area contributed by atoms with E-state index < -0.39 is 0 Å². The fourth-order valence-electron chi connectivity index (χ4n) is 0.641. The van der Waals surface area contributed by atoms with Gasteiger partial charge in [0.05, 0.1) is 7.11 Å². The van der Waals surface area contributed by atoms with Gasteiger partial charge in [-0.05, 0) is 18.4 Å². The Bertz CT molecular complexity index is 159. The highest BCUT2D eigenvalue weighted by Crippen LogP contribution is 1.96. The van der Waals surface area contributed by atoms with Gasteiger partial charge in [-0.2, -0.15) is 0 Å². The van der Waals surface area contributed by atoms with Crippen molar-refractivity contribution < 1.29 is 9.53 Å². The van der Waals surface area contributed by atoms with Crippen LogP contribution in [0.15, 0.2) is 0 Å². The van der Waals surface area contributed by atoms with Crippen molar-refractivity contribution in [3.63, 3.8) is 0 Å². The molecule has 0 spiro atoms. The first-order chi connectivity index (χ1) is 7.51. The molecule has 0 rings (SSSR count). The van der Waals surface area contributed by atoms with Gasteiger partial charge in [0.25, 0.3) is 0 Å². The maximum absolute atomic E-state index is 10.5. The third kappa shape index (κ3) is 13.2. The highest BCUT2D eigenvalue weighted by Gasteiger charge is 2.01. The van der Waals surface area contributed by atoms with Crippen molar-refractivity contribution in [2.45, 2.75) is 40.5 Å². The summed E-state index contributed by atoms with van der Waals surface area (Å²) in [6, 6.07) is 0. The molecular formula is C12H28N2O2. The van der Waals surface area contributed by atoms with E-state index >= 15 is 0 Å². The Morgan fingerprint density at radius 3 is 2.00 bits per heavy atom. The van der Waals surface area contributed by atoms with Crippen LogP contribution < -0.4 is 11.1 Å². The Kier molecular flexibility index (Phi) is 13.5. The zero-order valence-electron chi connectivity index (χ0n) is 11.4. The summed E-state index contributed by atoms with van der Waals surface area (Å²) in [6.45, 7) is 10.00. The quantitative estimate of drug-likeness (QED) is 0.765. The largest absolute Gasteiger partial charge is 0.453 e. The molecule has 0 aromatic heterocycles. The second-order valence-corrected chi connectivity index (χ2v) is 4.14. The monoisotopic (exact) mass is 232 g/mol. The van der Waals surface area contributed by atoms with Gasteiger partial charge in [0, 0.05) is 6.54 Å². The zero-order chi connectivity index (χ0) is 13.0. The smallest absolute Gasteiger partial charge is 0.406 e. The van der Waals surface area contributed by atoms with E-state index in [0.717, 1.165) is 13.0 Å². The highest BCUT2D eigenvalue weighted by atomic mass is 16.5. The van der Waals surface area contributed by atoms with Gasteiger partial charge in [0.1, 0.15) is 0 Å². The number of alkyl carbamates (subject to hydrolysis) is 1. The number of hydrogen-bond acceptors (Lipinski definition) is 3. The average molecular weight is 232 g/mol. The van der Waals surface area contributed by atoms with Crippen LogP contribution in [0.2, 0.25) is 0 Å². The van der Waals surface area contributed by atoms with Gasteiger partial charge in [-0.15, -0.1) is 0 Å². The van der Waals surface area contributed by atoms with Crippen LogP contribution in [0.3, 0.4) is 0 Å². The van der Waals surface area contributed by atoms with Crippen molar-refractivity contribution in [3.05, 3.63) is 0 Å². The molecule has 2 atom stereocenters. The van der Waals surface area contributed by atoms with Crippen LogP contribution in [0.1, 0.15) is 40.5 Å². The number of methoxy groups -OCH3 is 1. The molecule has 0 aromatic rings. The molecule has 0 heterocycles. The Balaban J connectivity index is 0. The van der Waals surface area contributed by atoms with Crippen molar-refractivity contribution in [1.82, 2.24) is 5.32 Å². The summed E-state index contributed by atoms with van der Waals surface area (Å²) < 4.78 is 4.40. The van der Waals surface area contributed by atoms with Crippen LogP contribution >= 0.6 is 0 Å². The normalized spacial score (nSPS) is 13.1. The standard InChI is InChI=1S/C7H15NO2.C5H13N/c1-4-6(2)5-8-7(9)10-3;1-3-5(2)4-6/h6H,4-5H2,1-3H3,(H,8,9);5H,3-4,6H2,1-2H3. The van der Waals surface area contributed by atoms with Gasteiger partial charge >= 0.3 is 6.09 Å². The van der Waals surface area contributed by atoms with E-state index in [2.05, 4.69) is 37.7 Å². The number of carbonyl (C=O) groups excluding carboxylic acids is 1. The molecule has 4 nitrogen and oxygen atoms in total. The minimum atomic E-state index is -0.347. The first-order valence-electron chi connectivity index (χ1n) is 6.03. The third-order valence-corrected chi connectivity index (χ3v) is 2.58. The van der Waals surface area contributed by atoms with Gasteiger partial charge in [0.15, 0.2) is 0 Å². The number of rotatable bonds is 5. The van der Waals surface area contributed by atoms with Crippen LogP contribution in [-0.4, -0.2) is 26.3 Å². The van der Waals surface area contributed by atoms with Gasteiger partial charge in [-0.3, -0.25) is 0 Å². The number of nitrogens with two attached hydrogens (primary N) is 1. The van der Waals surface area contributed by atoms with Crippen LogP contribution in [0, 0.1) is 11.8 Å². The van der Waals surface area contributed by atoms with Crippen molar-refractivity contribution in [3.8, 4) is 0 Å². The number of nitrogens with one attached hydrogen (secondary N) is 1. The molecule has 0 saturated heterocycles. The summed E-state index contributed by atoms with van der Waals surface area (Å²) in [7, 11) is 1.37. The van der Waals surface area contributed by atoms with Gasteiger partial charge < -0.3 is 15.8 Å². The fraction of sp³-hybridized carbons (Fsp3) is 0.917. The molecule has 0 bridgehead atoms. The van der Waals surface area contributed by atoms with E-state index in [-0.39, 0.29) is 6.09 Å². The number of hydrogen-bond donors (Lipinski definition) is 2. The van der Waals surface area contributed by atoms with Gasteiger partial charge in [-0.25, -0.2) is 4.79 Å². The number of ether oxygens (including phenoxy) is 1. The second kappa shape index (κ2) is 12.3. The maximum atomic E-state index is 10.5. The lowest BCUT2D eigenvalue weighted by Crippen LogP contribution is -2.27. The molecule has 3 N–H and O–H groups in total. The molecule has 1 amide bonds. The average Bonchev–Trinajstić information content (AvgIpc) is 2.34. The zero-order valence-corrected chi connectivity index (χ0v) is 11.4. The fourth-order valence-corrected chi connectivity index (χ4v) is 0.641. The minimum absolute atomic E-state index is 0.347. The van der Waals surface area contributed by atoms with Gasteiger partial charge in [-0.1, -0.05) is 40.5 Å². The van der Waals surface area contributed by atoms with E-state index in [9.17, 15) is 4.79 Å². The van der Waals surface area contributed by atoms with Crippen LogP contribution in [0.25, 0.3) is 0 Å². The van der Waals surface area contributed by atoms with E-state index in [1.807, 2.05) is 0 Å². The summed E-state index contributed by atoms with van der Waals surface area (Å²) in [6.07, 6.45) is 1.93.